The Morgan fingerprint density at radius 3 is 2.37 bits per heavy atom. The summed E-state index contributed by atoms with van der Waals surface area (Å²) in [6.45, 7) is 6.02. The normalized spacial score (nSPS) is 22.1. The highest BCUT2D eigenvalue weighted by Crippen LogP contribution is 2.29. The maximum Gasteiger partial charge on any atom is 0.246 e. The first-order valence-corrected chi connectivity index (χ1v) is 7.62. The van der Waals surface area contributed by atoms with E-state index in [0.717, 1.165) is 32.1 Å². The highest BCUT2D eigenvalue weighted by atomic mass is 32.1. The third-order valence-electron chi connectivity index (χ3n) is 3.76. The molecule has 1 heterocycles. The summed E-state index contributed by atoms with van der Waals surface area (Å²) in [5.74, 6) is 1.06. The highest BCUT2D eigenvalue weighted by Gasteiger charge is 2.30. The fourth-order valence-electron chi connectivity index (χ4n) is 2.47. The first kappa shape index (κ1) is 14.7. The van der Waals surface area contributed by atoms with E-state index in [2.05, 4.69) is 22.8 Å². The van der Waals surface area contributed by atoms with Gasteiger partial charge in [-0.25, -0.2) is 0 Å². The van der Waals surface area contributed by atoms with Crippen molar-refractivity contribution in [2.24, 2.45) is 5.92 Å². The van der Waals surface area contributed by atoms with E-state index < -0.39 is 6.04 Å². The van der Waals surface area contributed by atoms with E-state index in [-0.39, 0.29) is 11.8 Å². The van der Waals surface area contributed by atoms with E-state index in [1.54, 1.807) is 0 Å². The first-order chi connectivity index (χ1) is 9.10. The number of hydrogen-bond donors (Lipinski definition) is 2. The van der Waals surface area contributed by atoms with Gasteiger partial charge >= 0.3 is 0 Å². The average Bonchev–Trinajstić information content (AvgIpc) is 3.20. The van der Waals surface area contributed by atoms with E-state index in [0.29, 0.717) is 5.75 Å². The van der Waals surface area contributed by atoms with Crippen molar-refractivity contribution < 1.29 is 9.59 Å². The molecule has 0 spiro atoms. The van der Waals surface area contributed by atoms with Crippen LogP contribution < -0.4 is 5.32 Å². The predicted molar refractivity (Wildman–Crippen MR) is 77.2 cm³/mol. The van der Waals surface area contributed by atoms with Crippen LogP contribution in [0.25, 0.3) is 0 Å². The molecule has 1 unspecified atom stereocenters. The van der Waals surface area contributed by atoms with Gasteiger partial charge in [-0.3, -0.25) is 14.5 Å². The lowest BCUT2D eigenvalue weighted by Crippen LogP contribution is -2.55. The number of hydrogen-bond acceptors (Lipinski definition) is 4. The van der Waals surface area contributed by atoms with Gasteiger partial charge in [0.15, 0.2) is 0 Å². The number of amides is 2. The minimum absolute atomic E-state index is 0.00345. The lowest BCUT2D eigenvalue weighted by atomic mass is 10.2. The van der Waals surface area contributed by atoms with Gasteiger partial charge in [-0.2, -0.15) is 12.6 Å². The van der Waals surface area contributed by atoms with Crippen LogP contribution in [0, 0.1) is 5.92 Å². The van der Waals surface area contributed by atoms with E-state index in [9.17, 15) is 9.59 Å². The van der Waals surface area contributed by atoms with Crippen LogP contribution in [0.4, 0.5) is 0 Å². The first-order valence-electron chi connectivity index (χ1n) is 6.99. The molecule has 108 valence electrons. The lowest BCUT2D eigenvalue weighted by molar-refractivity contribution is -0.137. The van der Waals surface area contributed by atoms with Crippen LogP contribution >= 0.6 is 12.6 Å². The molecule has 1 N–H and O–H groups in total. The Labute approximate surface area is 120 Å². The Kier molecular flexibility index (Phi) is 5.10. The van der Waals surface area contributed by atoms with Crippen LogP contribution in [0.2, 0.25) is 0 Å². The van der Waals surface area contributed by atoms with Gasteiger partial charge in [0, 0.05) is 45.4 Å². The summed E-state index contributed by atoms with van der Waals surface area (Å²) in [7, 11) is 0. The van der Waals surface area contributed by atoms with E-state index in [4.69, 9.17) is 0 Å². The molecule has 0 radical (unpaired) electrons. The maximum absolute atomic E-state index is 12.2. The third kappa shape index (κ3) is 4.38. The molecule has 2 amide bonds. The summed E-state index contributed by atoms with van der Waals surface area (Å²) in [4.78, 5) is 27.6. The van der Waals surface area contributed by atoms with Gasteiger partial charge in [0.05, 0.1) is 0 Å². The van der Waals surface area contributed by atoms with Gasteiger partial charge in [0.25, 0.3) is 0 Å². The molecule has 5 nitrogen and oxygen atoms in total. The van der Waals surface area contributed by atoms with Crippen LogP contribution in [0.1, 0.15) is 19.8 Å². The molecule has 1 saturated heterocycles. The molecule has 2 fully saturated rings. The van der Waals surface area contributed by atoms with Crippen molar-refractivity contribution in [3.63, 3.8) is 0 Å². The van der Waals surface area contributed by atoms with Gasteiger partial charge in [0.2, 0.25) is 11.8 Å². The molecule has 2 aliphatic rings. The molecular formula is C13H23N3O2S. The molecule has 2 rings (SSSR count). The van der Waals surface area contributed by atoms with Gasteiger partial charge in [0.1, 0.15) is 6.04 Å². The predicted octanol–water partition coefficient (Wildman–Crippen LogP) is -0.0249. The largest absolute Gasteiger partial charge is 0.344 e. The minimum atomic E-state index is -0.490. The smallest absolute Gasteiger partial charge is 0.246 e. The molecule has 1 aliphatic carbocycles. The zero-order chi connectivity index (χ0) is 13.8. The topological polar surface area (TPSA) is 52.7 Å². The SMILES string of the molecule is CC(=O)NC(CS)C(=O)N1CCN(CC2CC2)CC1. The fraction of sp³-hybridized carbons (Fsp3) is 0.846. The highest BCUT2D eigenvalue weighted by molar-refractivity contribution is 7.80. The van der Waals surface area contributed by atoms with Crippen molar-refractivity contribution in [3.8, 4) is 0 Å². The van der Waals surface area contributed by atoms with Crippen molar-refractivity contribution in [3.05, 3.63) is 0 Å². The number of piperazine rings is 1. The summed E-state index contributed by atoms with van der Waals surface area (Å²) in [5.41, 5.74) is 0. The second kappa shape index (κ2) is 6.61. The Morgan fingerprint density at radius 2 is 1.89 bits per heavy atom. The number of thiol groups is 1. The zero-order valence-corrected chi connectivity index (χ0v) is 12.4. The van der Waals surface area contributed by atoms with Crippen molar-refractivity contribution in [1.82, 2.24) is 15.1 Å². The summed E-state index contributed by atoms with van der Waals surface area (Å²) in [6.07, 6.45) is 2.73. The molecule has 6 heteroatoms. The van der Waals surface area contributed by atoms with Crippen molar-refractivity contribution in [2.75, 3.05) is 38.5 Å². The molecule has 1 atom stereocenters. The molecular weight excluding hydrogens is 262 g/mol. The van der Waals surface area contributed by atoms with Crippen molar-refractivity contribution in [2.45, 2.75) is 25.8 Å². The number of carbonyl (C=O) groups excluding carboxylic acids is 2. The van der Waals surface area contributed by atoms with Crippen molar-refractivity contribution >= 4 is 24.4 Å². The Hall–Kier alpha value is -0.750. The molecule has 0 aromatic carbocycles. The number of nitrogens with zero attached hydrogens (tertiary/aromatic N) is 2. The van der Waals surface area contributed by atoms with Crippen LogP contribution in [0.15, 0.2) is 0 Å². The van der Waals surface area contributed by atoms with Gasteiger partial charge in [-0.05, 0) is 18.8 Å². The fourth-order valence-corrected chi connectivity index (χ4v) is 2.72. The van der Waals surface area contributed by atoms with Crippen molar-refractivity contribution in [1.29, 1.82) is 0 Å². The van der Waals surface area contributed by atoms with Crippen LogP contribution in [0.5, 0.6) is 0 Å². The molecule has 0 aromatic rings. The van der Waals surface area contributed by atoms with E-state index in [1.807, 2.05) is 4.90 Å². The standard InChI is InChI=1S/C13H23N3O2S/c1-10(17)14-12(9-19)13(18)16-6-4-15(5-7-16)8-11-2-3-11/h11-12,19H,2-9H2,1H3,(H,14,17). The summed E-state index contributed by atoms with van der Waals surface area (Å²) < 4.78 is 0. The second-order valence-corrected chi connectivity index (χ2v) is 5.87. The third-order valence-corrected chi connectivity index (χ3v) is 4.12. The number of rotatable bonds is 5. The number of nitrogens with one attached hydrogen (secondary N) is 1. The Balaban J connectivity index is 1.78. The monoisotopic (exact) mass is 285 g/mol. The molecule has 19 heavy (non-hydrogen) atoms. The van der Waals surface area contributed by atoms with Crippen LogP contribution in [-0.2, 0) is 9.59 Å². The molecule has 1 aliphatic heterocycles. The molecule has 0 bridgehead atoms. The second-order valence-electron chi connectivity index (χ2n) is 5.50. The molecule has 1 saturated carbocycles. The van der Waals surface area contributed by atoms with Crippen LogP contribution in [-0.4, -0.2) is 66.1 Å². The van der Waals surface area contributed by atoms with Gasteiger partial charge in [-0.15, -0.1) is 0 Å². The average molecular weight is 285 g/mol. The minimum Gasteiger partial charge on any atom is -0.344 e. The van der Waals surface area contributed by atoms with Gasteiger partial charge in [-0.1, -0.05) is 0 Å². The summed E-state index contributed by atoms with van der Waals surface area (Å²) in [6, 6.07) is -0.490. The quantitative estimate of drug-likeness (QED) is 0.698. The Morgan fingerprint density at radius 1 is 1.26 bits per heavy atom. The number of carbonyl (C=O) groups is 2. The van der Waals surface area contributed by atoms with E-state index >= 15 is 0 Å². The summed E-state index contributed by atoms with van der Waals surface area (Å²) >= 11 is 4.15. The van der Waals surface area contributed by atoms with E-state index in [1.165, 1.54) is 26.3 Å². The lowest BCUT2D eigenvalue weighted by Gasteiger charge is -2.36. The zero-order valence-electron chi connectivity index (χ0n) is 11.5. The summed E-state index contributed by atoms with van der Waals surface area (Å²) in [5, 5.41) is 2.66. The maximum atomic E-state index is 12.2. The van der Waals surface area contributed by atoms with Crippen LogP contribution in [0.3, 0.4) is 0 Å². The molecule has 0 aromatic heterocycles. The Bertz CT molecular complexity index is 339. The van der Waals surface area contributed by atoms with Gasteiger partial charge < -0.3 is 10.2 Å².